The minimum absolute atomic E-state index is 0.0200. The highest BCUT2D eigenvalue weighted by Crippen LogP contribution is 2.18. The van der Waals surface area contributed by atoms with Gasteiger partial charge in [-0.3, -0.25) is 9.79 Å². The molecule has 0 saturated carbocycles. The quantitative estimate of drug-likeness (QED) is 0.465. The summed E-state index contributed by atoms with van der Waals surface area (Å²) in [5.41, 5.74) is 12.9. The zero-order valence-corrected chi connectivity index (χ0v) is 13.2. The predicted molar refractivity (Wildman–Crippen MR) is 91.9 cm³/mol. The van der Waals surface area contributed by atoms with E-state index in [-0.39, 0.29) is 11.7 Å². The molecule has 0 aliphatic heterocycles. The molecule has 2 aromatic rings. The second-order valence-corrected chi connectivity index (χ2v) is 5.00. The van der Waals surface area contributed by atoms with Gasteiger partial charge in [0.1, 0.15) is 5.75 Å². The summed E-state index contributed by atoms with van der Waals surface area (Å²) >= 11 is 0. The number of nitrogens with two attached hydrogens (primary N) is 2. The zero-order valence-electron chi connectivity index (χ0n) is 13.2. The molecule has 5 nitrogen and oxygen atoms in total. The lowest BCUT2D eigenvalue weighted by Crippen LogP contribution is -2.23. The molecule has 0 fully saturated rings. The summed E-state index contributed by atoms with van der Waals surface area (Å²) in [6, 6.07) is 14.7. The Bertz CT molecular complexity index is 690. The van der Waals surface area contributed by atoms with Crippen molar-refractivity contribution in [1.82, 2.24) is 0 Å². The molecule has 120 valence electrons. The maximum Gasteiger partial charge on any atom is 0.193 e. The number of ether oxygens (including phenoxy) is 1. The molecular weight excluding hydrogens is 290 g/mol. The predicted octanol–water partition coefficient (Wildman–Crippen LogP) is 2.13. The molecule has 0 unspecified atom stereocenters. The van der Waals surface area contributed by atoms with E-state index < -0.39 is 0 Å². The van der Waals surface area contributed by atoms with Gasteiger partial charge in [0.2, 0.25) is 0 Å². The van der Waals surface area contributed by atoms with Crippen LogP contribution in [-0.2, 0) is 6.42 Å². The third kappa shape index (κ3) is 4.57. The second-order valence-electron chi connectivity index (χ2n) is 5.00. The Morgan fingerprint density at radius 2 is 1.78 bits per heavy atom. The normalized spacial score (nSPS) is 10.1. The fourth-order valence-corrected chi connectivity index (χ4v) is 2.29. The molecule has 2 aromatic carbocycles. The van der Waals surface area contributed by atoms with E-state index >= 15 is 0 Å². The second kappa shape index (κ2) is 7.98. The van der Waals surface area contributed by atoms with Gasteiger partial charge in [0.05, 0.1) is 6.61 Å². The number of hydrogen-bond donors (Lipinski definition) is 2. The van der Waals surface area contributed by atoms with Crippen molar-refractivity contribution in [1.29, 1.82) is 0 Å². The third-order valence-corrected chi connectivity index (χ3v) is 3.37. The van der Waals surface area contributed by atoms with Gasteiger partial charge >= 0.3 is 0 Å². The van der Waals surface area contributed by atoms with Crippen molar-refractivity contribution in [2.45, 2.75) is 13.3 Å². The number of guanidine groups is 1. The average molecular weight is 311 g/mol. The van der Waals surface area contributed by atoms with Crippen LogP contribution in [0.1, 0.15) is 28.4 Å². The number of rotatable bonds is 7. The molecule has 0 saturated heterocycles. The van der Waals surface area contributed by atoms with Crippen LogP contribution in [0.15, 0.2) is 53.5 Å². The topological polar surface area (TPSA) is 90.7 Å². The zero-order chi connectivity index (χ0) is 16.7. The van der Waals surface area contributed by atoms with Crippen LogP contribution in [0.25, 0.3) is 0 Å². The molecule has 4 N–H and O–H groups in total. The highest BCUT2D eigenvalue weighted by Gasteiger charge is 2.13. The summed E-state index contributed by atoms with van der Waals surface area (Å²) in [5.74, 6) is 0.791. The smallest absolute Gasteiger partial charge is 0.193 e. The fraction of sp³-hybridized carbons (Fsp3) is 0.222. The number of ketones is 1. The summed E-state index contributed by atoms with van der Waals surface area (Å²) in [6.07, 6.45) is 0.608. The molecule has 0 spiro atoms. The summed E-state index contributed by atoms with van der Waals surface area (Å²) < 4.78 is 5.40. The minimum atomic E-state index is -0.0200. The standard InChI is InChI=1S/C18H21N3O2/c1-2-23-15-9-7-14(8-10-15)17(22)16-6-4-3-5-13(16)11-12-21-18(19)20/h3-10H,2,11-12H2,1H3,(H4,19,20,21). The summed E-state index contributed by atoms with van der Waals surface area (Å²) in [4.78, 5) is 16.7. The summed E-state index contributed by atoms with van der Waals surface area (Å²) in [7, 11) is 0. The number of aliphatic imine (C=N–C) groups is 1. The van der Waals surface area contributed by atoms with Gasteiger partial charge in [0.15, 0.2) is 11.7 Å². The first-order valence-corrected chi connectivity index (χ1v) is 7.52. The van der Waals surface area contributed by atoms with Crippen molar-refractivity contribution in [2.75, 3.05) is 13.2 Å². The van der Waals surface area contributed by atoms with Crippen LogP contribution < -0.4 is 16.2 Å². The molecule has 0 aromatic heterocycles. The molecule has 0 atom stereocenters. The molecule has 2 rings (SSSR count). The Morgan fingerprint density at radius 1 is 1.09 bits per heavy atom. The van der Waals surface area contributed by atoms with Crippen molar-refractivity contribution in [3.05, 3.63) is 65.2 Å². The van der Waals surface area contributed by atoms with Gasteiger partial charge in [0, 0.05) is 17.7 Å². The van der Waals surface area contributed by atoms with Crippen LogP contribution in [0, 0.1) is 0 Å². The maximum atomic E-state index is 12.7. The van der Waals surface area contributed by atoms with Crippen LogP contribution >= 0.6 is 0 Å². The number of nitrogens with zero attached hydrogens (tertiary/aromatic N) is 1. The molecule has 0 bridgehead atoms. The van der Waals surface area contributed by atoms with E-state index in [0.717, 1.165) is 11.3 Å². The van der Waals surface area contributed by atoms with Crippen molar-refractivity contribution >= 4 is 11.7 Å². The summed E-state index contributed by atoms with van der Waals surface area (Å²) in [5, 5.41) is 0. The molecule has 0 amide bonds. The molecule has 5 heteroatoms. The summed E-state index contributed by atoms with van der Waals surface area (Å²) in [6.45, 7) is 2.97. The van der Waals surface area contributed by atoms with Crippen molar-refractivity contribution in [3.8, 4) is 5.75 Å². The van der Waals surface area contributed by atoms with Gasteiger partial charge in [-0.2, -0.15) is 0 Å². The highest BCUT2D eigenvalue weighted by atomic mass is 16.5. The average Bonchev–Trinajstić information content (AvgIpc) is 2.55. The molecule has 0 aliphatic rings. The van der Waals surface area contributed by atoms with Crippen molar-refractivity contribution < 1.29 is 9.53 Å². The number of hydrogen-bond acceptors (Lipinski definition) is 3. The molecule has 0 radical (unpaired) electrons. The molecule has 23 heavy (non-hydrogen) atoms. The number of carbonyl (C=O) groups excluding carboxylic acids is 1. The first-order valence-electron chi connectivity index (χ1n) is 7.52. The lowest BCUT2D eigenvalue weighted by atomic mass is 9.96. The number of benzene rings is 2. The van der Waals surface area contributed by atoms with Crippen LogP contribution in [-0.4, -0.2) is 24.9 Å². The van der Waals surface area contributed by atoms with Gasteiger partial charge in [-0.05, 0) is 43.2 Å². The van der Waals surface area contributed by atoms with E-state index in [0.29, 0.717) is 30.7 Å². The van der Waals surface area contributed by atoms with Gasteiger partial charge in [-0.25, -0.2) is 0 Å². The van der Waals surface area contributed by atoms with Crippen LogP contribution in [0.4, 0.5) is 0 Å². The molecule has 0 aliphatic carbocycles. The minimum Gasteiger partial charge on any atom is -0.494 e. The van der Waals surface area contributed by atoms with Crippen molar-refractivity contribution in [2.24, 2.45) is 16.5 Å². The Hall–Kier alpha value is -2.82. The van der Waals surface area contributed by atoms with E-state index in [1.807, 2.05) is 31.2 Å². The fourth-order valence-electron chi connectivity index (χ4n) is 2.29. The van der Waals surface area contributed by atoms with Crippen molar-refractivity contribution in [3.63, 3.8) is 0 Å². The van der Waals surface area contributed by atoms with E-state index in [4.69, 9.17) is 16.2 Å². The molecule has 0 heterocycles. The Kier molecular flexibility index (Phi) is 5.74. The van der Waals surface area contributed by atoms with Gasteiger partial charge in [-0.1, -0.05) is 24.3 Å². The van der Waals surface area contributed by atoms with E-state index in [1.165, 1.54) is 0 Å². The van der Waals surface area contributed by atoms with Crippen LogP contribution in [0.3, 0.4) is 0 Å². The van der Waals surface area contributed by atoms with E-state index in [2.05, 4.69) is 4.99 Å². The van der Waals surface area contributed by atoms with Crippen LogP contribution in [0.5, 0.6) is 5.75 Å². The third-order valence-electron chi connectivity index (χ3n) is 3.37. The van der Waals surface area contributed by atoms with Gasteiger partial charge < -0.3 is 16.2 Å². The van der Waals surface area contributed by atoms with Crippen LogP contribution in [0.2, 0.25) is 0 Å². The molecular formula is C18H21N3O2. The lowest BCUT2D eigenvalue weighted by molar-refractivity contribution is 0.103. The monoisotopic (exact) mass is 311 g/mol. The maximum absolute atomic E-state index is 12.7. The largest absolute Gasteiger partial charge is 0.494 e. The Labute approximate surface area is 136 Å². The first-order chi connectivity index (χ1) is 11.1. The number of carbonyl (C=O) groups is 1. The van der Waals surface area contributed by atoms with Gasteiger partial charge in [0.25, 0.3) is 0 Å². The van der Waals surface area contributed by atoms with E-state index in [1.54, 1.807) is 24.3 Å². The lowest BCUT2D eigenvalue weighted by Gasteiger charge is -2.09. The Morgan fingerprint density at radius 3 is 2.43 bits per heavy atom. The Balaban J connectivity index is 2.20. The SMILES string of the molecule is CCOc1ccc(C(=O)c2ccccc2CCN=C(N)N)cc1. The van der Waals surface area contributed by atoms with Gasteiger partial charge in [-0.15, -0.1) is 0 Å². The van der Waals surface area contributed by atoms with E-state index in [9.17, 15) is 4.79 Å². The first kappa shape index (κ1) is 16.5. The highest BCUT2D eigenvalue weighted by molar-refractivity contribution is 6.10.